The first kappa shape index (κ1) is 25.6. The summed E-state index contributed by atoms with van der Waals surface area (Å²) in [5.74, 6) is 1.19. The molecular weight excluding hydrogens is 472 g/mol. The van der Waals surface area contributed by atoms with E-state index in [9.17, 15) is 9.59 Å². The molecule has 0 bridgehead atoms. The lowest BCUT2D eigenvalue weighted by atomic mass is 10.1. The number of nitrogens with one attached hydrogen (secondary N) is 2. The highest BCUT2D eigenvalue weighted by Gasteiger charge is 2.20. The number of amides is 2. The van der Waals surface area contributed by atoms with Crippen molar-refractivity contribution in [2.24, 2.45) is 0 Å². The molecule has 2 heterocycles. The van der Waals surface area contributed by atoms with Gasteiger partial charge in [-0.1, -0.05) is 12.1 Å². The van der Waals surface area contributed by atoms with Gasteiger partial charge >= 0.3 is 0 Å². The van der Waals surface area contributed by atoms with Gasteiger partial charge in [0.25, 0.3) is 11.8 Å². The zero-order chi connectivity index (χ0) is 26.4. The van der Waals surface area contributed by atoms with Crippen molar-refractivity contribution in [3.8, 4) is 11.5 Å². The normalized spacial score (nSPS) is 10.7. The predicted octanol–water partition coefficient (Wildman–Crippen LogP) is 4.88. The first-order chi connectivity index (χ1) is 17.9. The van der Waals surface area contributed by atoms with Crippen molar-refractivity contribution in [2.45, 2.75) is 40.5 Å². The molecule has 0 aliphatic carbocycles. The van der Waals surface area contributed by atoms with Crippen molar-refractivity contribution < 1.29 is 23.5 Å². The Morgan fingerprint density at radius 3 is 2.62 bits per heavy atom. The molecule has 192 valence electrons. The van der Waals surface area contributed by atoms with Crippen molar-refractivity contribution in [1.29, 1.82) is 0 Å². The molecule has 0 spiro atoms. The maximum Gasteiger partial charge on any atom is 0.274 e. The lowest BCUT2D eigenvalue weighted by Gasteiger charge is -2.14. The van der Waals surface area contributed by atoms with Gasteiger partial charge in [0.05, 0.1) is 25.6 Å². The highest BCUT2D eigenvalue weighted by atomic mass is 16.5. The Morgan fingerprint density at radius 2 is 1.89 bits per heavy atom. The number of aryl methyl sites for hydroxylation is 3. The number of hydrogen-bond acceptors (Lipinski definition) is 6. The smallest absolute Gasteiger partial charge is 0.274 e. The summed E-state index contributed by atoms with van der Waals surface area (Å²) in [6.45, 7) is 6.85. The van der Waals surface area contributed by atoms with E-state index in [1.807, 2.05) is 39.0 Å². The van der Waals surface area contributed by atoms with Gasteiger partial charge in [-0.2, -0.15) is 5.10 Å². The summed E-state index contributed by atoms with van der Waals surface area (Å²) in [5, 5.41) is 9.90. The molecule has 0 saturated carbocycles. The number of nitrogens with zero attached hydrogens (tertiary/aromatic N) is 2. The van der Waals surface area contributed by atoms with Crippen LogP contribution in [0.5, 0.6) is 11.5 Å². The number of carbonyl (C=O) groups excluding carboxylic acids is 2. The first-order valence-corrected chi connectivity index (χ1v) is 11.9. The average Bonchev–Trinajstić information content (AvgIpc) is 3.57. The fourth-order valence-electron chi connectivity index (χ4n) is 3.75. The number of ether oxygens (including phenoxy) is 2. The van der Waals surface area contributed by atoms with Crippen molar-refractivity contribution >= 4 is 17.5 Å². The zero-order valence-corrected chi connectivity index (χ0v) is 21.3. The van der Waals surface area contributed by atoms with Crippen LogP contribution in [0.3, 0.4) is 0 Å². The third-order valence-corrected chi connectivity index (χ3v) is 5.82. The highest BCUT2D eigenvalue weighted by Crippen LogP contribution is 2.25. The largest absolute Gasteiger partial charge is 0.496 e. The Bertz CT molecular complexity index is 1390. The third-order valence-electron chi connectivity index (χ3n) is 5.82. The molecule has 4 aromatic rings. The van der Waals surface area contributed by atoms with Gasteiger partial charge in [0.15, 0.2) is 5.69 Å². The van der Waals surface area contributed by atoms with Gasteiger partial charge in [-0.25, -0.2) is 0 Å². The lowest BCUT2D eigenvalue weighted by molar-refractivity contribution is 0.0943. The molecule has 37 heavy (non-hydrogen) atoms. The molecule has 0 unspecified atom stereocenters. The van der Waals surface area contributed by atoms with Crippen LogP contribution in [0, 0.1) is 13.8 Å². The second-order valence-corrected chi connectivity index (χ2v) is 8.55. The lowest BCUT2D eigenvalue weighted by Crippen LogP contribution is -2.25. The van der Waals surface area contributed by atoms with E-state index in [1.165, 1.54) is 6.26 Å². The molecule has 0 radical (unpaired) electrons. The van der Waals surface area contributed by atoms with Crippen LogP contribution in [-0.2, 0) is 19.7 Å². The SMILES string of the molecule is CCn1cc(NC(=O)c2ccc(OC)c(COc3cc(C)ccc3C)c2)c(C(=O)NCc2ccco2)n1. The van der Waals surface area contributed by atoms with Crippen LogP contribution in [0.25, 0.3) is 0 Å². The number of furan rings is 1. The molecule has 0 saturated heterocycles. The van der Waals surface area contributed by atoms with Gasteiger partial charge in [0.1, 0.15) is 23.9 Å². The van der Waals surface area contributed by atoms with Crippen LogP contribution in [0.2, 0.25) is 0 Å². The monoisotopic (exact) mass is 502 g/mol. The van der Waals surface area contributed by atoms with Gasteiger partial charge in [0.2, 0.25) is 0 Å². The molecule has 9 nitrogen and oxygen atoms in total. The summed E-state index contributed by atoms with van der Waals surface area (Å²) in [7, 11) is 1.57. The molecule has 9 heteroatoms. The van der Waals surface area contributed by atoms with Gasteiger partial charge < -0.3 is 24.5 Å². The summed E-state index contributed by atoms with van der Waals surface area (Å²) in [6.07, 6.45) is 3.17. The number of methoxy groups -OCH3 is 1. The zero-order valence-electron chi connectivity index (χ0n) is 21.3. The standard InChI is InChI=1S/C28H30N4O5/c1-5-32-16-23(26(31-32)28(34)29-15-22-7-6-12-36-22)30-27(33)20-10-11-24(35-4)21(14-20)17-37-25-13-18(2)8-9-19(25)3/h6-14,16H,5,15,17H2,1-4H3,(H,29,34)(H,30,33). The summed E-state index contributed by atoms with van der Waals surface area (Å²) in [5.41, 5.74) is 3.66. The minimum Gasteiger partial charge on any atom is -0.496 e. The highest BCUT2D eigenvalue weighted by molar-refractivity contribution is 6.08. The minimum absolute atomic E-state index is 0.119. The second kappa shape index (κ2) is 11.5. The first-order valence-electron chi connectivity index (χ1n) is 11.9. The van der Waals surface area contributed by atoms with Gasteiger partial charge in [0, 0.05) is 23.9 Å². The molecule has 0 aliphatic heterocycles. The topological polar surface area (TPSA) is 108 Å². The van der Waals surface area contributed by atoms with Crippen LogP contribution in [0.15, 0.2) is 65.4 Å². The molecule has 0 atom stereocenters. The molecule has 0 aliphatic rings. The fourth-order valence-corrected chi connectivity index (χ4v) is 3.75. The Morgan fingerprint density at radius 1 is 1.05 bits per heavy atom. The summed E-state index contributed by atoms with van der Waals surface area (Å²) in [4.78, 5) is 26.0. The average molecular weight is 503 g/mol. The fraction of sp³-hybridized carbons (Fsp3) is 0.250. The van der Waals surface area contributed by atoms with Crippen molar-refractivity contribution in [1.82, 2.24) is 15.1 Å². The van der Waals surface area contributed by atoms with Crippen molar-refractivity contribution in [3.63, 3.8) is 0 Å². The summed E-state index contributed by atoms with van der Waals surface area (Å²) < 4.78 is 18.4. The van der Waals surface area contributed by atoms with E-state index in [2.05, 4.69) is 15.7 Å². The van der Waals surface area contributed by atoms with Crippen LogP contribution in [0.1, 0.15) is 50.2 Å². The Labute approximate surface area is 215 Å². The molecule has 2 aromatic heterocycles. The van der Waals surface area contributed by atoms with E-state index in [0.717, 1.165) is 22.4 Å². The minimum atomic E-state index is -0.420. The molecule has 2 aromatic carbocycles. The van der Waals surface area contributed by atoms with Crippen molar-refractivity contribution in [2.75, 3.05) is 12.4 Å². The third kappa shape index (κ3) is 6.19. The Balaban J connectivity index is 1.51. The molecular formula is C28H30N4O5. The number of anilines is 1. The number of carbonyl (C=O) groups is 2. The van der Waals surface area contributed by atoms with E-state index < -0.39 is 5.91 Å². The summed E-state index contributed by atoms with van der Waals surface area (Å²) >= 11 is 0. The van der Waals surface area contributed by atoms with Crippen LogP contribution in [0.4, 0.5) is 5.69 Å². The van der Waals surface area contributed by atoms with E-state index in [-0.39, 0.29) is 24.8 Å². The molecule has 2 amide bonds. The van der Waals surface area contributed by atoms with Crippen LogP contribution < -0.4 is 20.1 Å². The molecule has 2 N–H and O–H groups in total. The quantitative estimate of drug-likeness (QED) is 0.320. The maximum atomic E-state index is 13.2. The van der Waals surface area contributed by atoms with Gasteiger partial charge in [-0.15, -0.1) is 0 Å². The Hall–Kier alpha value is -4.53. The number of benzene rings is 2. The number of hydrogen-bond donors (Lipinski definition) is 2. The van der Waals surface area contributed by atoms with E-state index >= 15 is 0 Å². The predicted molar refractivity (Wildman–Crippen MR) is 139 cm³/mol. The van der Waals surface area contributed by atoms with E-state index in [1.54, 1.807) is 48.3 Å². The number of aromatic nitrogens is 2. The van der Waals surface area contributed by atoms with Crippen molar-refractivity contribution in [3.05, 3.63) is 94.7 Å². The number of rotatable bonds is 10. The molecule has 4 rings (SSSR count). The van der Waals surface area contributed by atoms with E-state index in [0.29, 0.717) is 29.3 Å². The van der Waals surface area contributed by atoms with Gasteiger partial charge in [-0.05, 0) is 68.3 Å². The summed E-state index contributed by atoms with van der Waals surface area (Å²) in [6, 6.07) is 14.6. The second-order valence-electron chi connectivity index (χ2n) is 8.55. The van der Waals surface area contributed by atoms with Crippen LogP contribution >= 0.6 is 0 Å². The van der Waals surface area contributed by atoms with Crippen LogP contribution in [-0.4, -0.2) is 28.7 Å². The van der Waals surface area contributed by atoms with Gasteiger partial charge in [-0.3, -0.25) is 14.3 Å². The maximum absolute atomic E-state index is 13.2. The Kier molecular flexibility index (Phi) is 7.92. The van der Waals surface area contributed by atoms with E-state index in [4.69, 9.17) is 13.9 Å². The molecule has 0 fully saturated rings.